The Morgan fingerprint density at radius 3 is 1.28 bits per heavy atom. The number of allylic oxidation sites excluding steroid dienone is 2. The van der Waals surface area contributed by atoms with Crippen LogP contribution in [0.4, 0.5) is 0 Å². The summed E-state index contributed by atoms with van der Waals surface area (Å²) in [4.78, 5) is 32.5. The fourth-order valence-electron chi connectivity index (χ4n) is 11.5. The van der Waals surface area contributed by atoms with Gasteiger partial charge in [-0.1, -0.05) is 70.8 Å². The molecule has 0 amide bonds. The number of aliphatic hydroxyl groups excluding tert-OH is 1. The summed E-state index contributed by atoms with van der Waals surface area (Å²) in [5.41, 5.74) is 0. The predicted molar refractivity (Wildman–Crippen MR) is 226 cm³/mol. The van der Waals surface area contributed by atoms with Crippen molar-refractivity contribution in [3.63, 3.8) is 0 Å². The highest BCUT2D eigenvalue weighted by Crippen LogP contribution is 2.51. The summed E-state index contributed by atoms with van der Waals surface area (Å²) in [5.74, 6) is -1.58. The number of rotatable bonds is 10. The Hall–Kier alpha value is -2.20. The van der Waals surface area contributed by atoms with Gasteiger partial charge in [0.2, 0.25) is 0 Å². The van der Waals surface area contributed by atoms with Crippen molar-refractivity contribution in [3.05, 3.63) is 24.3 Å². The van der Waals surface area contributed by atoms with Crippen LogP contribution in [-0.4, -0.2) is 121 Å². The van der Waals surface area contributed by atoms with E-state index in [4.69, 9.17) is 66.5 Å². The molecule has 12 atom stereocenters. The van der Waals surface area contributed by atoms with Crippen LogP contribution < -0.4 is 0 Å². The molecule has 0 aromatic heterocycles. The summed E-state index contributed by atoms with van der Waals surface area (Å²) in [7, 11) is 0. The SMILES string of the molecule is CC/C=C/[C@H]1O[C@@H]1[C@@H]1OC2(CCCCC2)O[C@@H]1[C@@H](C)[C@H]1COC2(CCCCC2)O1.CC/C=C/[C@H]1O[C@@H]1[C@@H]1OC2(CCCCC2)O[C@@H]1[C@@H](O)[C@H]1COC2(CCCCC2)O1.O=C=O.O=C=O. The molecule has 10 fully saturated rings. The molecule has 0 aromatic carbocycles. The molecule has 0 aromatic rings. The first-order chi connectivity index (χ1) is 31.1. The highest BCUT2D eigenvalue weighted by molar-refractivity contribution is 5.20. The van der Waals surface area contributed by atoms with Gasteiger partial charge in [0.25, 0.3) is 0 Å². The van der Waals surface area contributed by atoms with E-state index in [-0.39, 0.29) is 78.9 Å². The zero-order valence-corrected chi connectivity index (χ0v) is 38.4. The maximum absolute atomic E-state index is 11.3. The maximum Gasteiger partial charge on any atom is 0.373 e. The van der Waals surface area contributed by atoms with E-state index in [1.807, 2.05) is 0 Å². The highest BCUT2D eigenvalue weighted by atomic mass is 16.8. The van der Waals surface area contributed by atoms with Crippen molar-refractivity contribution in [2.75, 3.05) is 13.2 Å². The lowest BCUT2D eigenvalue weighted by molar-refractivity contribution is -0.217. The second-order valence-electron chi connectivity index (χ2n) is 19.5. The molecule has 10 aliphatic rings. The van der Waals surface area contributed by atoms with Crippen LogP contribution in [0.2, 0.25) is 0 Å². The van der Waals surface area contributed by atoms with Crippen molar-refractivity contribution in [1.82, 2.24) is 0 Å². The lowest BCUT2D eigenvalue weighted by atomic mass is 9.91. The standard InChI is InChI=1S/C24H38O5.C23H36O6.2CO2/c1-3-4-11-18-21(26-18)22-20(28-24(29-22)14-9-6-10-15-24)17(2)19-16-25-23(27-19)12-7-5-8-13-23;1-2-3-10-16-19(26-16)21-20(28-23(29-21)13-8-5-9-14-23)18(24)17-15-25-22(27-17)11-6-4-7-12-22;2*2-1-3/h4,11,17-22H,3,5-10,12-16H2,1-2H3;3,10,16-21,24H,2,4-9,11-15H2,1H3;;/b11-4+;10-3+;;/t17-,18+,19+,20+,21-,22+;16-,17-,18+,19+,20-,21+;;/m01../s1. The quantitative estimate of drug-likeness (QED) is 0.170. The largest absolute Gasteiger partial charge is 0.387 e. The summed E-state index contributed by atoms with van der Waals surface area (Å²) in [6.07, 6.45) is 31.6. The van der Waals surface area contributed by atoms with Crippen LogP contribution in [0.1, 0.15) is 162 Å². The zero-order chi connectivity index (χ0) is 45.2. The molecule has 360 valence electrons. The first-order valence-electron chi connectivity index (χ1n) is 24.8. The molecule has 10 rings (SSSR count). The van der Waals surface area contributed by atoms with Gasteiger partial charge in [-0.25, -0.2) is 0 Å². The van der Waals surface area contributed by atoms with E-state index in [0.717, 1.165) is 89.9 Å². The molecular weight excluding hydrogens is 829 g/mol. The smallest absolute Gasteiger partial charge is 0.373 e. The molecule has 0 bridgehead atoms. The third-order valence-corrected chi connectivity index (χ3v) is 15.0. The molecule has 6 saturated heterocycles. The van der Waals surface area contributed by atoms with Gasteiger partial charge < -0.3 is 52.5 Å². The maximum atomic E-state index is 11.3. The summed E-state index contributed by atoms with van der Waals surface area (Å²) < 4.78 is 63.6. The minimum absolute atomic E-state index is 0.00506. The van der Waals surface area contributed by atoms with Gasteiger partial charge in [-0.15, -0.1) is 0 Å². The normalized spacial score (nSPS) is 38.4. The van der Waals surface area contributed by atoms with Crippen LogP contribution in [0.25, 0.3) is 0 Å². The Morgan fingerprint density at radius 1 is 0.500 bits per heavy atom. The van der Waals surface area contributed by atoms with Gasteiger partial charge in [0.15, 0.2) is 23.1 Å². The van der Waals surface area contributed by atoms with Crippen molar-refractivity contribution in [3.8, 4) is 0 Å². The van der Waals surface area contributed by atoms with Crippen molar-refractivity contribution >= 4 is 12.3 Å². The molecule has 4 saturated carbocycles. The van der Waals surface area contributed by atoms with E-state index >= 15 is 0 Å². The molecule has 0 radical (unpaired) electrons. The van der Waals surface area contributed by atoms with E-state index < -0.39 is 29.6 Å². The number of ether oxygens (including phenoxy) is 10. The Morgan fingerprint density at radius 2 is 0.859 bits per heavy atom. The summed E-state index contributed by atoms with van der Waals surface area (Å²) in [6, 6.07) is 0. The minimum atomic E-state index is -0.775. The Balaban J connectivity index is 0.000000171. The Bertz CT molecular complexity index is 1470. The van der Waals surface area contributed by atoms with Crippen LogP contribution in [0.5, 0.6) is 0 Å². The van der Waals surface area contributed by atoms with Gasteiger partial charge in [0.1, 0.15) is 54.9 Å². The Kier molecular flexibility index (Phi) is 17.7. The van der Waals surface area contributed by atoms with E-state index in [0.29, 0.717) is 13.2 Å². The average molecular weight is 903 g/mol. The van der Waals surface area contributed by atoms with Crippen molar-refractivity contribution in [2.24, 2.45) is 5.92 Å². The number of hydrogen-bond acceptors (Lipinski definition) is 15. The zero-order valence-electron chi connectivity index (χ0n) is 38.4. The van der Waals surface area contributed by atoms with Gasteiger partial charge >= 0.3 is 12.3 Å². The molecular formula is C49H74O15. The number of epoxide rings is 2. The molecule has 64 heavy (non-hydrogen) atoms. The van der Waals surface area contributed by atoms with E-state index in [1.165, 1.54) is 51.4 Å². The number of hydrogen-bond donors (Lipinski definition) is 1. The van der Waals surface area contributed by atoms with Crippen LogP contribution in [0, 0.1) is 5.92 Å². The molecule has 15 heteroatoms. The second kappa shape index (κ2) is 22.7. The monoisotopic (exact) mass is 903 g/mol. The summed E-state index contributed by atoms with van der Waals surface area (Å²) in [5, 5.41) is 11.3. The molecule has 0 unspecified atom stereocenters. The van der Waals surface area contributed by atoms with E-state index in [2.05, 4.69) is 45.1 Å². The van der Waals surface area contributed by atoms with Crippen molar-refractivity contribution < 1.29 is 71.7 Å². The van der Waals surface area contributed by atoms with E-state index in [9.17, 15) is 5.11 Å². The number of carbonyl (C=O) groups excluding carboxylic acids is 4. The Labute approximate surface area is 378 Å². The van der Waals surface area contributed by atoms with Gasteiger partial charge in [-0.05, 0) is 64.2 Å². The molecule has 4 aliphatic carbocycles. The molecule has 6 heterocycles. The topological polar surface area (TPSA) is 187 Å². The van der Waals surface area contributed by atoms with Crippen molar-refractivity contribution in [1.29, 1.82) is 0 Å². The van der Waals surface area contributed by atoms with E-state index in [1.54, 1.807) is 0 Å². The van der Waals surface area contributed by atoms with Crippen LogP contribution in [0.15, 0.2) is 24.3 Å². The minimum Gasteiger partial charge on any atom is -0.387 e. The second-order valence-corrected chi connectivity index (χ2v) is 19.5. The van der Waals surface area contributed by atoms with Crippen LogP contribution in [-0.2, 0) is 66.5 Å². The van der Waals surface area contributed by atoms with Gasteiger partial charge in [-0.2, -0.15) is 19.2 Å². The highest BCUT2D eigenvalue weighted by Gasteiger charge is 2.62. The van der Waals surface area contributed by atoms with Crippen molar-refractivity contribution in [2.45, 2.75) is 252 Å². The average Bonchev–Trinajstić information content (AvgIpc) is 4.06. The van der Waals surface area contributed by atoms with Gasteiger partial charge in [-0.3, -0.25) is 0 Å². The summed E-state index contributed by atoms with van der Waals surface area (Å²) in [6.45, 7) is 7.63. The molecule has 6 aliphatic heterocycles. The molecule has 4 spiro atoms. The first-order valence-corrected chi connectivity index (χ1v) is 24.8. The predicted octanol–water partition coefficient (Wildman–Crippen LogP) is 7.31. The number of aliphatic hydroxyl groups is 1. The fraction of sp³-hybridized carbons (Fsp3) is 0.878. The first kappa shape index (κ1) is 49.7. The third-order valence-electron chi connectivity index (χ3n) is 15.0. The molecule has 15 nitrogen and oxygen atoms in total. The van der Waals surface area contributed by atoms with Gasteiger partial charge in [0.05, 0.1) is 25.4 Å². The van der Waals surface area contributed by atoms with Gasteiger partial charge in [0, 0.05) is 57.3 Å². The lowest BCUT2D eigenvalue weighted by Crippen LogP contribution is -2.47. The van der Waals surface area contributed by atoms with Crippen LogP contribution in [0.3, 0.4) is 0 Å². The summed E-state index contributed by atoms with van der Waals surface area (Å²) >= 11 is 0. The molecule has 1 N–H and O–H groups in total. The van der Waals surface area contributed by atoms with Crippen LogP contribution >= 0.6 is 0 Å². The fourth-order valence-corrected chi connectivity index (χ4v) is 11.5. The third kappa shape index (κ3) is 11.9. The lowest BCUT2D eigenvalue weighted by Gasteiger charge is -2.34.